The van der Waals surface area contributed by atoms with E-state index in [1.807, 2.05) is 42.2 Å². The van der Waals surface area contributed by atoms with Crippen molar-refractivity contribution in [3.8, 4) is 11.1 Å². The van der Waals surface area contributed by atoms with Crippen LogP contribution in [0, 0.1) is 0 Å². The maximum absolute atomic E-state index is 13.3. The Morgan fingerprint density at radius 3 is 2.59 bits per heavy atom. The first-order valence-corrected chi connectivity index (χ1v) is 11.3. The number of amides is 2. The first-order chi connectivity index (χ1) is 15.5. The summed E-state index contributed by atoms with van der Waals surface area (Å²) in [5.41, 5.74) is 4.67. The molecule has 0 N–H and O–H groups in total. The molecule has 2 unspecified atom stereocenters. The number of hydrogen-bond acceptors (Lipinski definition) is 4. The van der Waals surface area contributed by atoms with E-state index in [0.29, 0.717) is 19.8 Å². The van der Waals surface area contributed by atoms with Crippen LogP contribution in [0.2, 0.25) is 0 Å². The molecule has 3 heterocycles. The molecule has 0 aromatic heterocycles. The second kappa shape index (κ2) is 8.52. The third-order valence-corrected chi connectivity index (χ3v) is 6.46. The van der Waals surface area contributed by atoms with E-state index in [4.69, 9.17) is 9.47 Å². The Balaban J connectivity index is 1.56. The van der Waals surface area contributed by atoms with E-state index in [1.54, 1.807) is 11.8 Å². The van der Waals surface area contributed by atoms with Crippen LogP contribution in [0.1, 0.15) is 38.4 Å². The lowest BCUT2D eigenvalue weighted by molar-refractivity contribution is -0.127. The van der Waals surface area contributed by atoms with Gasteiger partial charge in [-0.2, -0.15) is 0 Å². The van der Waals surface area contributed by atoms with Crippen LogP contribution in [0.15, 0.2) is 54.6 Å². The van der Waals surface area contributed by atoms with Crippen LogP contribution in [0.5, 0.6) is 0 Å². The molecule has 3 aliphatic heterocycles. The van der Waals surface area contributed by atoms with Crippen LogP contribution in [0.25, 0.3) is 11.1 Å². The minimum absolute atomic E-state index is 0.0193. The van der Waals surface area contributed by atoms with Crippen LogP contribution in [0.4, 0.5) is 11.4 Å². The van der Waals surface area contributed by atoms with E-state index in [0.717, 1.165) is 40.9 Å². The highest BCUT2D eigenvalue weighted by Crippen LogP contribution is 2.40. The number of carbonyl (C=O) groups is 2. The first-order valence-electron chi connectivity index (χ1n) is 11.3. The predicted molar refractivity (Wildman–Crippen MR) is 124 cm³/mol. The summed E-state index contributed by atoms with van der Waals surface area (Å²) < 4.78 is 11.4. The smallest absolute Gasteiger partial charge is 0.256 e. The molecule has 2 amide bonds. The molecule has 3 atom stereocenters. The van der Waals surface area contributed by atoms with Gasteiger partial charge in [-0.05, 0) is 54.7 Å². The van der Waals surface area contributed by atoms with Crippen molar-refractivity contribution in [1.29, 1.82) is 0 Å². The number of rotatable bonds is 3. The zero-order valence-electron chi connectivity index (χ0n) is 18.5. The third-order valence-electron chi connectivity index (χ3n) is 6.46. The van der Waals surface area contributed by atoms with Gasteiger partial charge < -0.3 is 19.3 Å². The summed E-state index contributed by atoms with van der Waals surface area (Å²) in [4.78, 5) is 29.4. The van der Waals surface area contributed by atoms with Crippen LogP contribution in [-0.2, 0) is 19.1 Å². The lowest BCUT2D eigenvalue weighted by Gasteiger charge is -2.41. The van der Waals surface area contributed by atoms with Gasteiger partial charge in [-0.15, -0.1) is 0 Å². The molecule has 0 aliphatic carbocycles. The summed E-state index contributed by atoms with van der Waals surface area (Å²) in [5.74, 6) is -0.0444. The van der Waals surface area contributed by atoms with Gasteiger partial charge in [-0.3, -0.25) is 9.59 Å². The molecule has 2 aromatic rings. The van der Waals surface area contributed by atoms with Gasteiger partial charge >= 0.3 is 0 Å². The van der Waals surface area contributed by atoms with E-state index in [1.165, 1.54) is 0 Å². The third kappa shape index (κ3) is 3.74. The highest BCUT2D eigenvalue weighted by atomic mass is 16.5. The minimum Gasteiger partial charge on any atom is -0.368 e. The van der Waals surface area contributed by atoms with Crippen LogP contribution < -0.4 is 9.80 Å². The molecule has 0 bridgehead atoms. The molecule has 2 aromatic carbocycles. The predicted octanol–water partition coefficient (Wildman–Crippen LogP) is 4.25. The molecular formula is C26H28N2O4. The summed E-state index contributed by atoms with van der Waals surface area (Å²) in [6.07, 6.45) is 5.31. The van der Waals surface area contributed by atoms with Gasteiger partial charge in [-0.1, -0.05) is 36.4 Å². The molecule has 0 spiro atoms. The Labute approximate surface area is 188 Å². The number of ether oxygens (including phenoxy) is 2. The van der Waals surface area contributed by atoms with Crippen LogP contribution in [-0.4, -0.2) is 43.7 Å². The molecule has 1 fully saturated rings. The highest BCUT2D eigenvalue weighted by molar-refractivity contribution is 6.06. The lowest BCUT2D eigenvalue weighted by Crippen LogP contribution is -2.53. The van der Waals surface area contributed by atoms with Gasteiger partial charge in [-0.25, -0.2) is 0 Å². The van der Waals surface area contributed by atoms with Gasteiger partial charge in [0.1, 0.15) is 12.2 Å². The molecule has 32 heavy (non-hydrogen) atoms. The zero-order chi connectivity index (χ0) is 22.2. The summed E-state index contributed by atoms with van der Waals surface area (Å²) >= 11 is 0. The summed E-state index contributed by atoms with van der Waals surface area (Å²) in [6, 6.07) is 14.2. The first kappa shape index (κ1) is 20.9. The van der Waals surface area contributed by atoms with Crippen molar-refractivity contribution < 1.29 is 19.1 Å². The van der Waals surface area contributed by atoms with Crippen molar-refractivity contribution in [1.82, 2.24) is 0 Å². The van der Waals surface area contributed by atoms with Crippen molar-refractivity contribution in [2.45, 2.75) is 44.9 Å². The second-order valence-corrected chi connectivity index (χ2v) is 8.70. The number of fused-ring (bicyclic) bond motifs is 1. The van der Waals surface area contributed by atoms with Crippen LogP contribution >= 0.6 is 0 Å². The fourth-order valence-electron chi connectivity index (χ4n) is 4.94. The van der Waals surface area contributed by atoms with Gasteiger partial charge in [0.2, 0.25) is 5.91 Å². The Hall–Kier alpha value is -2.96. The topological polar surface area (TPSA) is 59.1 Å². The van der Waals surface area contributed by atoms with Crippen molar-refractivity contribution >= 4 is 23.2 Å². The maximum Gasteiger partial charge on any atom is 0.256 e. The maximum atomic E-state index is 13.3. The number of nitrogens with zero attached hydrogens (tertiary/aromatic N) is 2. The highest BCUT2D eigenvalue weighted by Gasteiger charge is 2.37. The number of hydrogen-bond donors (Lipinski definition) is 0. The normalized spacial score (nSPS) is 24.6. The van der Waals surface area contributed by atoms with Crippen molar-refractivity contribution in [2.24, 2.45) is 0 Å². The zero-order valence-corrected chi connectivity index (χ0v) is 18.5. The molecule has 6 heteroatoms. The van der Waals surface area contributed by atoms with E-state index in [2.05, 4.69) is 24.3 Å². The average Bonchev–Trinajstić information content (AvgIpc) is 3.52. The van der Waals surface area contributed by atoms with Crippen molar-refractivity contribution in [3.63, 3.8) is 0 Å². The fraction of sp³-hybridized carbons (Fsp3) is 0.385. The van der Waals surface area contributed by atoms with Gasteiger partial charge in [0.05, 0.1) is 24.0 Å². The fourth-order valence-corrected chi connectivity index (χ4v) is 4.94. The number of benzene rings is 2. The standard InChI is InChI=1S/C26H28N2O4/c1-17-16-27(26(30)25-9-5-13-32-25)23-15-20(10-11-22(23)28(17)18(2)29)19-6-3-7-21(14-19)24-8-4-12-31-24/h3-4,6-8,10-11,14-15,17,24-25H,5,9,12-13,16H2,1-2H3/t17-,24?,25?/m0/s1. The van der Waals surface area contributed by atoms with Gasteiger partial charge in [0, 0.05) is 20.1 Å². The monoisotopic (exact) mass is 432 g/mol. The Bertz CT molecular complexity index is 1070. The van der Waals surface area contributed by atoms with Gasteiger partial charge in [0.25, 0.3) is 5.91 Å². The Morgan fingerprint density at radius 2 is 1.88 bits per heavy atom. The summed E-state index contributed by atoms with van der Waals surface area (Å²) in [5, 5.41) is 0. The Kier molecular flexibility index (Phi) is 5.57. The Morgan fingerprint density at radius 1 is 1.03 bits per heavy atom. The summed E-state index contributed by atoms with van der Waals surface area (Å²) in [6.45, 7) is 5.26. The number of carbonyl (C=O) groups excluding carboxylic acids is 2. The van der Waals surface area contributed by atoms with Crippen molar-refractivity contribution in [3.05, 3.63) is 60.2 Å². The molecular weight excluding hydrogens is 404 g/mol. The quantitative estimate of drug-likeness (QED) is 0.681. The van der Waals surface area contributed by atoms with E-state index in [-0.39, 0.29) is 24.0 Å². The molecule has 0 saturated carbocycles. The molecule has 6 nitrogen and oxygen atoms in total. The van der Waals surface area contributed by atoms with Crippen molar-refractivity contribution in [2.75, 3.05) is 29.6 Å². The minimum atomic E-state index is -0.405. The second-order valence-electron chi connectivity index (χ2n) is 8.70. The molecule has 166 valence electrons. The van der Waals surface area contributed by atoms with Crippen LogP contribution in [0.3, 0.4) is 0 Å². The van der Waals surface area contributed by atoms with E-state index < -0.39 is 6.10 Å². The van der Waals surface area contributed by atoms with E-state index in [9.17, 15) is 9.59 Å². The lowest BCUT2D eigenvalue weighted by atomic mass is 9.97. The average molecular weight is 433 g/mol. The summed E-state index contributed by atoms with van der Waals surface area (Å²) in [7, 11) is 0. The largest absolute Gasteiger partial charge is 0.368 e. The molecule has 0 radical (unpaired) electrons. The molecule has 3 aliphatic rings. The number of anilines is 2. The van der Waals surface area contributed by atoms with E-state index >= 15 is 0 Å². The molecule has 1 saturated heterocycles. The molecule has 5 rings (SSSR count). The van der Waals surface area contributed by atoms with Gasteiger partial charge in [0.15, 0.2) is 0 Å². The SMILES string of the molecule is CC(=O)N1c2ccc(-c3cccc(C4C=CCO4)c3)cc2N(C(=O)C2CCCO2)C[C@@H]1C.